The second-order valence-electron chi connectivity index (χ2n) is 7.11. The molecular formula is C16H19BrN4O4. The molecule has 5 atom stereocenters. The van der Waals surface area contributed by atoms with Gasteiger partial charge in [-0.25, -0.2) is 4.79 Å². The van der Waals surface area contributed by atoms with Gasteiger partial charge < -0.3 is 25.4 Å². The highest BCUT2D eigenvalue weighted by Gasteiger charge is 2.68. The van der Waals surface area contributed by atoms with Crippen LogP contribution in [0, 0.1) is 5.92 Å². The molecule has 0 aromatic carbocycles. The van der Waals surface area contributed by atoms with Gasteiger partial charge in [0.1, 0.15) is 5.69 Å². The molecule has 2 fully saturated rings. The molecule has 25 heavy (non-hydrogen) atoms. The average Bonchev–Trinajstić information content (AvgIpc) is 2.89. The predicted molar refractivity (Wildman–Crippen MR) is 91.5 cm³/mol. The summed E-state index contributed by atoms with van der Waals surface area (Å²) in [6, 6.07) is 1.55. The molecule has 1 aromatic heterocycles. The Hall–Kier alpha value is -1.84. The van der Waals surface area contributed by atoms with Gasteiger partial charge in [-0.05, 0) is 35.0 Å². The Morgan fingerprint density at radius 2 is 2.08 bits per heavy atom. The van der Waals surface area contributed by atoms with Crippen molar-refractivity contribution in [1.29, 1.82) is 0 Å². The van der Waals surface area contributed by atoms with Crippen molar-refractivity contribution in [1.82, 2.24) is 20.1 Å². The average molecular weight is 411 g/mol. The second kappa shape index (κ2) is 4.87. The van der Waals surface area contributed by atoms with Crippen LogP contribution < -0.4 is 10.6 Å². The minimum Gasteiger partial charge on any atom is -0.370 e. The standard InChI is InChI=1S/C16H19BrN4O4/c1-7(2)11-15(24)6-9-12(16(11,25)19-14(23)20(15)3)18-13(22)8-4-5-10(17)21(8)9/h4-5,9,11-12,24-25H,1,6H2,2-3H3,(H,18,22)(H,19,23). The molecule has 0 radical (unpaired) electrons. The van der Waals surface area contributed by atoms with Crippen LogP contribution in [-0.4, -0.2) is 56.2 Å². The molecule has 2 aliphatic heterocycles. The topological polar surface area (TPSA) is 107 Å². The van der Waals surface area contributed by atoms with Gasteiger partial charge in [0.15, 0.2) is 11.4 Å². The smallest absolute Gasteiger partial charge is 0.321 e. The second-order valence-corrected chi connectivity index (χ2v) is 7.92. The van der Waals surface area contributed by atoms with Gasteiger partial charge in [0.25, 0.3) is 5.91 Å². The highest BCUT2D eigenvalue weighted by atomic mass is 79.9. The monoisotopic (exact) mass is 410 g/mol. The maximum absolute atomic E-state index is 12.5. The van der Waals surface area contributed by atoms with Crippen LogP contribution in [-0.2, 0) is 0 Å². The maximum atomic E-state index is 12.5. The van der Waals surface area contributed by atoms with Gasteiger partial charge in [0, 0.05) is 13.5 Å². The third-order valence-corrected chi connectivity index (χ3v) is 6.32. The van der Waals surface area contributed by atoms with E-state index in [0.717, 1.165) is 0 Å². The predicted octanol–water partition coefficient (Wildman–Crippen LogP) is 0.532. The lowest BCUT2D eigenvalue weighted by atomic mass is 9.64. The van der Waals surface area contributed by atoms with E-state index in [-0.39, 0.29) is 12.3 Å². The van der Waals surface area contributed by atoms with Crippen molar-refractivity contribution < 1.29 is 19.8 Å². The van der Waals surface area contributed by atoms with Gasteiger partial charge in [-0.15, -0.1) is 0 Å². The molecule has 1 aliphatic carbocycles. The first-order valence-corrected chi connectivity index (χ1v) is 8.74. The number of aliphatic hydroxyl groups is 2. The zero-order chi connectivity index (χ0) is 18.3. The van der Waals surface area contributed by atoms with E-state index in [2.05, 4.69) is 33.1 Å². The quantitative estimate of drug-likeness (QED) is 0.506. The summed E-state index contributed by atoms with van der Waals surface area (Å²) in [4.78, 5) is 26.0. The van der Waals surface area contributed by atoms with Gasteiger partial charge in [0.2, 0.25) is 0 Å². The zero-order valence-corrected chi connectivity index (χ0v) is 15.4. The summed E-state index contributed by atoms with van der Waals surface area (Å²) >= 11 is 3.43. The van der Waals surface area contributed by atoms with Crippen molar-refractivity contribution in [3.8, 4) is 0 Å². The van der Waals surface area contributed by atoms with Crippen LogP contribution in [0.5, 0.6) is 0 Å². The number of urea groups is 1. The number of nitrogens with one attached hydrogen (secondary N) is 2. The van der Waals surface area contributed by atoms with E-state index in [1.165, 1.54) is 11.9 Å². The summed E-state index contributed by atoms with van der Waals surface area (Å²) in [5.41, 5.74) is -2.54. The number of fused-ring (bicyclic) bond motifs is 6. The minimum atomic E-state index is -1.86. The Morgan fingerprint density at radius 3 is 2.72 bits per heavy atom. The van der Waals surface area contributed by atoms with Crippen molar-refractivity contribution >= 4 is 27.9 Å². The fraction of sp³-hybridized carbons (Fsp3) is 0.500. The van der Waals surface area contributed by atoms with Crippen LogP contribution >= 0.6 is 15.9 Å². The number of aromatic nitrogens is 1. The fourth-order valence-electron chi connectivity index (χ4n) is 4.66. The molecule has 134 valence electrons. The summed E-state index contributed by atoms with van der Waals surface area (Å²) in [5.74, 6) is -1.21. The van der Waals surface area contributed by atoms with Gasteiger partial charge >= 0.3 is 6.03 Å². The van der Waals surface area contributed by atoms with E-state index in [0.29, 0.717) is 15.9 Å². The SMILES string of the molecule is C=C(C)C1C2(O)NC(=O)N(C)C1(O)CC1C2NC(=O)c2ccc(Br)n21. The number of rotatable bonds is 1. The normalized spacial score (nSPS) is 39.2. The molecule has 3 heterocycles. The fourth-order valence-corrected chi connectivity index (χ4v) is 5.24. The first-order chi connectivity index (χ1) is 11.6. The van der Waals surface area contributed by atoms with Crippen molar-refractivity contribution in [2.45, 2.75) is 36.9 Å². The molecule has 9 heteroatoms. The van der Waals surface area contributed by atoms with Gasteiger partial charge in [-0.1, -0.05) is 12.2 Å². The molecule has 8 nitrogen and oxygen atoms in total. The first kappa shape index (κ1) is 16.6. The molecule has 3 aliphatic rings. The van der Waals surface area contributed by atoms with Crippen molar-refractivity contribution in [3.63, 3.8) is 0 Å². The largest absolute Gasteiger partial charge is 0.370 e. The van der Waals surface area contributed by atoms with Crippen LogP contribution in [0.15, 0.2) is 28.9 Å². The number of hydrogen-bond donors (Lipinski definition) is 4. The molecule has 2 bridgehead atoms. The molecule has 4 rings (SSSR count). The highest BCUT2D eigenvalue weighted by molar-refractivity contribution is 9.10. The number of amides is 3. The molecule has 1 aromatic rings. The lowest BCUT2D eigenvalue weighted by Crippen LogP contribution is -2.84. The van der Waals surface area contributed by atoms with E-state index in [1.54, 1.807) is 23.6 Å². The Kier molecular flexibility index (Phi) is 3.23. The zero-order valence-electron chi connectivity index (χ0n) is 13.8. The molecule has 5 unspecified atom stereocenters. The van der Waals surface area contributed by atoms with Crippen LogP contribution in [0.2, 0.25) is 0 Å². The number of nitrogens with zero attached hydrogens (tertiary/aromatic N) is 2. The van der Waals surface area contributed by atoms with E-state index in [4.69, 9.17) is 0 Å². The number of carbonyl (C=O) groups is 2. The Morgan fingerprint density at radius 1 is 1.40 bits per heavy atom. The van der Waals surface area contributed by atoms with Gasteiger partial charge in [0.05, 0.1) is 22.6 Å². The van der Waals surface area contributed by atoms with Crippen molar-refractivity contribution in [2.75, 3.05) is 7.05 Å². The number of hydrogen-bond acceptors (Lipinski definition) is 4. The van der Waals surface area contributed by atoms with E-state index in [9.17, 15) is 19.8 Å². The summed E-state index contributed by atoms with van der Waals surface area (Å²) in [6.45, 7) is 5.58. The Labute approximate surface area is 152 Å². The maximum Gasteiger partial charge on any atom is 0.321 e. The summed E-state index contributed by atoms with van der Waals surface area (Å²) in [5, 5.41) is 28.2. The minimum absolute atomic E-state index is 0.141. The van der Waals surface area contributed by atoms with Gasteiger partial charge in [-0.2, -0.15) is 0 Å². The van der Waals surface area contributed by atoms with Crippen LogP contribution in [0.4, 0.5) is 4.79 Å². The third-order valence-electron chi connectivity index (χ3n) is 5.68. The molecule has 1 saturated carbocycles. The van der Waals surface area contributed by atoms with E-state index >= 15 is 0 Å². The molecule has 0 spiro atoms. The first-order valence-electron chi connectivity index (χ1n) is 7.95. The van der Waals surface area contributed by atoms with Gasteiger partial charge in [-0.3, -0.25) is 9.69 Å². The molecule has 4 N–H and O–H groups in total. The molecule has 3 amide bonds. The third kappa shape index (κ3) is 1.88. The summed E-state index contributed by atoms with van der Waals surface area (Å²) in [6.07, 6.45) is 0.141. The van der Waals surface area contributed by atoms with Crippen molar-refractivity contribution in [2.24, 2.45) is 5.92 Å². The lowest BCUT2D eigenvalue weighted by Gasteiger charge is -2.63. The summed E-state index contributed by atoms with van der Waals surface area (Å²) in [7, 11) is 1.48. The van der Waals surface area contributed by atoms with Crippen LogP contribution in [0.25, 0.3) is 0 Å². The highest BCUT2D eigenvalue weighted by Crippen LogP contribution is 2.52. The van der Waals surface area contributed by atoms with Crippen molar-refractivity contribution in [3.05, 3.63) is 34.6 Å². The van der Waals surface area contributed by atoms with Crippen LogP contribution in [0.1, 0.15) is 29.9 Å². The summed E-state index contributed by atoms with van der Waals surface area (Å²) < 4.78 is 2.42. The Bertz CT molecular complexity index is 823. The Balaban J connectivity index is 1.95. The molecule has 1 saturated heterocycles. The van der Waals surface area contributed by atoms with E-state index in [1.807, 2.05) is 0 Å². The number of carbonyl (C=O) groups excluding carboxylic acids is 2. The van der Waals surface area contributed by atoms with Crippen LogP contribution in [0.3, 0.4) is 0 Å². The van der Waals surface area contributed by atoms with E-state index < -0.39 is 35.5 Å². The lowest BCUT2D eigenvalue weighted by molar-refractivity contribution is -0.246. The number of halogens is 1. The molecular weight excluding hydrogens is 392 g/mol.